The van der Waals surface area contributed by atoms with E-state index in [4.69, 9.17) is 13.1 Å². The van der Waals surface area contributed by atoms with Crippen molar-refractivity contribution in [2.75, 3.05) is 32.7 Å². The Morgan fingerprint density at radius 3 is 2.62 bits per heavy atom. The van der Waals surface area contributed by atoms with Crippen LogP contribution in [0.25, 0.3) is 0 Å². The number of hydrogen-bond donors (Lipinski definition) is 1. The minimum atomic E-state index is -3.99. The van der Waals surface area contributed by atoms with Gasteiger partial charge in [-0.3, -0.25) is 8.37 Å². The topological polar surface area (TPSA) is 132 Å². The highest BCUT2D eigenvalue weighted by Crippen LogP contribution is 2.13. The lowest BCUT2D eigenvalue weighted by atomic mass is 10.3. The molecule has 1 rings (SSSR count). The third-order valence-corrected chi connectivity index (χ3v) is 4.53. The van der Waals surface area contributed by atoms with Crippen LogP contribution in [-0.2, 0) is 53.9 Å². The lowest BCUT2D eigenvalue weighted by Crippen LogP contribution is -2.23. The first-order valence-corrected chi connectivity index (χ1v) is 9.42. The van der Waals surface area contributed by atoms with Gasteiger partial charge >= 0.3 is 21.8 Å². The van der Waals surface area contributed by atoms with Gasteiger partial charge in [0.25, 0.3) is 0 Å². The van der Waals surface area contributed by atoms with Crippen molar-refractivity contribution in [3.05, 3.63) is 0 Å². The number of hydrogen-bond acceptors (Lipinski definition) is 10. The van der Waals surface area contributed by atoms with Crippen molar-refractivity contribution >= 4 is 32.5 Å². The van der Waals surface area contributed by atoms with Gasteiger partial charge in [-0.25, -0.2) is 16.8 Å². The van der Waals surface area contributed by atoms with Crippen LogP contribution in [0.15, 0.2) is 0 Å². The molecule has 0 N–H and O–H groups in total. The van der Waals surface area contributed by atoms with Crippen LogP contribution in [0.5, 0.6) is 0 Å². The average molecular weight is 368 g/mol. The minimum absolute atomic E-state index is 0.0736. The fourth-order valence-electron chi connectivity index (χ4n) is 1.27. The zero-order valence-electron chi connectivity index (χ0n) is 11.0. The Morgan fingerprint density at radius 2 is 2.10 bits per heavy atom. The lowest BCUT2D eigenvalue weighted by Gasteiger charge is -2.13. The minimum Gasteiger partial charge on any atom is -0.379 e. The van der Waals surface area contributed by atoms with Gasteiger partial charge in [0, 0.05) is 7.11 Å². The van der Waals surface area contributed by atoms with Crippen molar-refractivity contribution in [3.63, 3.8) is 0 Å². The van der Waals surface area contributed by atoms with Gasteiger partial charge in [0.15, 0.2) is 0 Å². The molecular weight excluding hydrogens is 352 g/mol. The molecule has 0 aromatic heterocycles. The van der Waals surface area contributed by atoms with Crippen LogP contribution >= 0.6 is 0 Å². The SMILES string of the molecule is COC(CC[SH](=O)=O)COS(=O)OCC1COS(=O)(=O)O1. The molecule has 0 aromatic rings. The van der Waals surface area contributed by atoms with Gasteiger partial charge < -0.3 is 4.74 Å². The summed E-state index contributed by atoms with van der Waals surface area (Å²) in [5.41, 5.74) is 0. The van der Waals surface area contributed by atoms with Crippen molar-refractivity contribution in [1.29, 1.82) is 0 Å². The second-order valence-electron chi connectivity index (χ2n) is 3.89. The summed E-state index contributed by atoms with van der Waals surface area (Å²) in [4.78, 5) is 0. The Bertz CT molecular complexity index is 504. The molecule has 1 heterocycles. The zero-order valence-corrected chi connectivity index (χ0v) is 13.6. The molecule has 3 atom stereocenters. The highest BCUT2D eigenvalue weighted by Gasteiger charge is 2.30. The summed E-state index contributed by atoms with van der Waals surface area (Å²) in [5.74, 6) is -0.0736. The Kier molecular flexibility index (Phi) is 8.18. The maximum atomic E-state index is 11.4. The molecule has 13 heteroatoms. The van der Waals surface area contributed by atoms with E-state index < -0.39 is 44.7 Å². The van der Waals surface area contributed by atoms with Gasteiger partial charge in [-0.05, 0) is 6.42 Å². The Labute approximate surface area is 126 Å². The number of rotatable bonds is 10. The summed E-state index contributed by atoms with van der Waals surface area (Å²) in [5, 5.41) is 0. The second-order valence-corrected chi connectivity index (χ2v) is 7.12. The molecule has 126 valence electrons. The van der Waals surface area contributed by atoms with Gasteiger partial charge in [-0.15, -0.1) is 0 Å². The van der Waals surface area contributed by atoms with Crippen LogP contribution < -0.4 is 0 Å². The fraction of sp³-hybridized carbons (Fsp3) is 1.00. The van der Waals surface area contributed by atoms with E-state index in [1.165, 1.54) is 7.11 Å². The average Bonchev–Trinajstić information content (AvgIpc) is 2.76. The first kappa shape index (κ1) is 18.9. The lowest BCUT2D eigenvalue weighted by molar-refractivity contribution is 0.0532. The highest BCUT2D eigenvalue weighted by molar-refractivity contribution is 7.82. The summed E-state index contributed by atoms with van der Waals surface area (Å²) in [6.07, 6.45) is -1.23. The van der Waals surface area contributed by atoms with Gasteiger partial charge in [0.1, 0.15) is 16.8 Å². The molecule has 0 aromatic carbocycles. The molecule has 0 radical (unpaired) electrons. The molecule has 0 saturated carbocycles. The third-order valence-electron chi connectivity index (χ3n) is 2.32. The standard InChI is InChI=1S/C8H16O10S3/c1-14-7(2-3-19(9)10)4-15-20(11)16-5-8-6-17-21(12,13)18-8/h7-8,19H,2-6H2,1H3. The maximum absolute atomic E-state index is 11.4. The number of thiol groups is 1. The van der Waals surface area contributed by atoms with Crippen molar-refractivity contribution in [1.82, 2.24) is 0 Å². The van der Waals surface area contributed by atoms with E-state index in [9.17, 15) is 21.0 Å². The molecule has 3 unspecified atom stereocenters. The monoisotopic (exact) mass is 368 g/mol. The third kappa shape index (κ3) is 8.15. The normalized spacial score (nSPS) is 24.2. The highest BCUT2D eigenvalue weighted by atomic mass is 32.3. The largest absolute Gasteiger partial charge is 0.400 e. The number of methoxy groups -OCH3 is 1. The Hall–Kier alpha value is -0.150. The number of ether oxygens (including phenoxy) is 1. The van der Waals surface area contributed by atoms with E-state index in [1.807, 2.05) is 0 Å². The summed E-state index contributed by atoms with van der Waals surface area (Å²) >= 11 is -2.14. The second kappa shape index (κ2) is 9.09. The van der Waals surface area contributed by atoms with Crippen LogP contribution in [0.4, 0.5) is 0 Å². The van der Waals surface area contributed by atoms with Gasteiger partial charge in [-0.1, -0.05) is 0 Å². The van der Waals surface area contributed by atoms with Crippen molar-refractivity contribution in [2.45, 2.75) is 18.6 Å². The van der Waals surface area contributed by atoms with Crippen LogP contribution in [0.3, 0.4) is 0 Å². The van der Waals surface area contributed by atoms with Gasteiger partial charge in [0.2, 0.25) is 0 Å². The molecule has 0 amide bonds. The quantitative estimate of drug-likeness (QED) is 0.444. The first-order chi connectivity index (χ1) is 9.82. The van der Waals surface area contributed by atoms with Crippen LogP contribution in [0, 0.1) is 0 Å². The molecule has 1 aliphatic heterocycles. The summed E-state index contributed by atoms with van der Waals surface area (Å²) in [6, 6.07) is 0. The van der Waals surface area contributed by atoms with Crippen molar-refractivity contribution in [3.8, 4) is 0 Å². The summed E-state index contributed by atoms with van der Waals surface area (Å²) in [6.45, 7) is -0.653. The van der Waals surface area contributed by atoms with E-state index in [2.05, 4.69) is 8.37 Å². The van der Waals surface area contributed by atoms with E-state index in [1.54, 1.807) is 0 Å². The molecule has 0 bridgehead atoms. The van der Waals surface area contributed by atoms with E-state index in [-0.39, 0.29) is 32.0 Å². The summed E-state index contributed by atoms with van der Waals surface area (Å²) in [7, 11) is -5.14. The summed E-state index contributed by atoms with van der Waals surface area (Å²) < 4.78 is 77.1. The van der Waals surface area contributed by atoms with E-state index in [0.717, 1.165) is 0 Å². The molecule has 1 fully saturated rings. The molecule has 1 saturated heterocycles. The predicted octanol–water partition coefficient (Wildman–Crippen LogP) is -1.72. The van der Waals surface area contributed by atoms with Crippen LogP contribution in [0.1, 0.15) is 6.42 Å². The maximum Gasteiger partial charge on any atom is 0.400 e. The van der Waals surface area contributed by atoms with E-state index >= 15 is 0 Å². The molecule has 0 spiro atoms. The molecule has 21 heavy (non-hydrogen) atoms. The van der Waals surface area contributed by atoms with Crippen molar-refractivity contribution in [2.24, 2.45) is 0 Å². The van der Waals surface area contributed by atoms with E-state index in [0.29, 0.717) is 0 Å². The zero-order chi connectivity index (χ0) is 15.9. The first-order valence-electron chi connectivity index (χ1n) is 5.73. The van der Waals surface area contributed by atoms with Gasteiger partial charge in [0.05, 0.1) is 31.7 Å². The molecule has 0 aliphatic carbocycles. The predicted molar refractivity (Wildman–Crippen MR) is 70.4 cm³/mol. The van der Waals surface area contributed by atoms with Gasteiger partial charge in [-0.2, -0.15) is 12.6 Å². The smallest absolute Gasteiger partial charge is 0.379 e. The Balaban J connectivity index is 2.21. The Morgan fingerprint density at radius 1 is 1.38 bits per heavy atom. The van der Waals surface area contributed by atoms with Crippen molar-refractivity contribution < 1.29 is 42.5 Å². The molecular formula is C8H16O10S3. The van der Waals surface area contributed by atoms with Crippen LogP contribution in [0.2, 0.25) is 0 Å². The fourth-order valence-corrected chi connectivity index (χ4v) is 3.18. The molecule has 1 aliphatic rings. The van der Waals surface area contributed by atoms with Crippen LogP contribution in [-0.4, -0.2) is 65.9 Å². The molecule has 10 nitrogen and oxygen atoms in total.